The Balaban J connectivity index is 1.78. The van der Waals surface area contributed by atoms with Crippen LogP contribution in [0.15, 0.2) is 18.2 Å². The normalized spacial score (nSPS) is 15.8. The molecule has 1 saturated carbocycles. The van der Waals surface area contributed by atoms with Gasteiger partial charge in [0, 0.05) is 6.54 Å². The van der Waals surface area contributed by atoms with E-state index in [-0.39, 0.29) is 0 Å². The van der Waals surface area contributed by atoms with E-state index in [0.717, 1.165) is 30.9 Å². The molecule has 0 bridgehead atoms. The molecule has 0 spiro atoms. The van der Waals surface area contributed by atoms with Gasteiger partial charge in [0.2, 0.25) is 0 Å². The van der Waals surface area contributed by atoms with E-state index in [0.29, 0.717) is 12.7 Å². The van der Waals surface area contributed by atoms with Crippen molar-refractivity contribution in [2.24, 2.45) is 0 Å². The summed E-state index contributed by atoms with van der Waals surface area (Å²) < 4.78 is 5.76. The zero-order valence-corrected chi connectivity index (χ0v) is 10.6. The fourth-order valence-electron chi connectivity index (χ4n) is 1.84. The maximum Gasteiger partial charge on any atom is 0.0891 e. The van der Waals surface area contributed by atoms with Crippen molar-refractivity contribution in [2.45, 2.75) is 51.9 Å². The Morgan fingerprint density at radius 2 is 2.18 bits per heavy atom. The van der Waals surface area contributed by atoms with Crippen molar-refractivity contribution in [1.82, 2.24) is 10.3 Å². The van der Waals surface area contributed by atoms with Crippen LogP contribution in [0.25, 0.3) is 0 Å². The highest BCUT2D eigenvalue weighted by Crippen LogP contribution is 2.22. The Kier molecular flexibility index (Phi) is 4.95. The van der Waals surface area contributed by atoms with E-state index in [1.54, 1.807) is 0 Å². The second-order valence-electron chi connectivity index (χ2n) is 4.66. The molecule has 3 heteroatoms. The Morgan fingerprint density at radius 1 is 1.35 bits per heavy atom. The van der Waals surface area contributed by atoms with Gasteiger partial charge in [0.1, 0.15) is 0 Å². The van der Waals surface area contributed by atoms with Crippen LogP contribution >= 0.6 is 0 Å². The number of hydrogen-bond acceptors (Lipinski definition) is 3. The lowest BCUT2D eigenvalue weighted by atomic mass is 9.96. The molecule has 0 unspecified atom stereocenters. The Morgan fingerprint density at radius 3 is 2.88 bits per heavy atom. The summed E-state index contributed by atoms with van der Waals surface area (Å²) in [5, 5.41) is 3.36. The largest absolute Gasteiger partial charge is 0.372 e. The van der Waals surface area contributed by atoms with E-state index in [1.807, 2.05) is 6.07 Å². The third-order valence-corrected chi connectivity index (χ3v) is 3.12. The fraction of sp³-hybridized carbons (Fsp3) is 0.643. The van der Waals surface area contributed by atoms with Crippen molar-refractivity contribution in [3.63, 3.8) is 0 Å². The molecule has 1 N–H and O–H groups in total. The van der Waals surface area contributed by atoms with E-state index < -0.39 is 0 Å². The van der Waals surface area contributed by atoms with Crippen LogP contribution in [0.1, 0.15) is 44.0 Å². The number of nitrogens with zero attached hydrogens (tertiary/aromatic N) is 1. The monoisotopic (exact) mass is 234 g/mol. The van der Waals surface area contributed by atoms with Crippen molar-refractivity contribution in [2.75, 3.05) is 6.54 Å². The molecule has 1 heterocycles. The zero-order valence-electron chi connectivity index (χ0n) is 10.6. The van der Waals surface area contributed by atoms with E-state index in [9.17, 15) is 0 Å². The third kappa shape index (κ3) is 4.10. The molecule has 1 aromatic heterocycles. The van der Waals surface area contributed by atoms with Crippen molar-refractivity contribution in [3.8, 4) is 0 Å². The highest BCUT2D eigenvalue weighted by molar-refractivity contribution is 5.10. The number of aromatic nitrogens is 1. The second-order valence-corrected chi connectivity index (χ2v) is 4.66. The molecular weight excluding hydrogens is 212 g/mol. The highest BCUT2D eigenvalue weighted by Gasteiger charge is 2.17. The van der Waals surface area contributed by atoms with Crippen LogP contribution < -0.4 is 5.32 Å². The van der Waals surface area contributed by atoms with Crippen LogP contribution in [0.5, 0.6) is 0 Å². The summed E-state index contributed by atoms with van der Waals surface area (Å²) in [6.07, 6.45) is 5.40. The van der Waals surface area contributed by atoms with E-state index in [1.165, 1.54) is 19.3 Å². The minimum atomic E-state index is 0.485. The lowest BCUT2D eigenvalue weighted by Crippen LogP contribution is -2.21. The Hall–Kier alpha value is -0.930. The Bertz CT molecular complexity index is 337. The van der Waals surface area contributed by atoms with Gasteiger partial charge in [-0.25, -0.2) is 0 Å². The highest BCUT2D eigenvalue weighted by atomic mass is 16.5. The van der Waals surface area contributed by atoms with Crippen LogP contribution in [0.3, 0.4) is 0 Å². The Labute approximate surface area is 104 Å². The summed E-state index contributed by atoms with van der Waals surface area (Å²) in [4.78, 5) is 4.59. The summed E-state index contributed by atoms with van der Waals surface area (Å²) >= 11 is 0. The predicted octanol–water partition coefficient (Wildman–Crippen LogP) is 2.65. The molecule has 94 valence electrons. The van der Waals surface area contributed by atoms with Gasteiger partial charge in [0.15, 0.2) is 0 Å². The van der Waals surface area contributed by atoms with Crippen LogP contribution in [-0.2, 0) is 17.9 Å². The molecule has 0 aliphatic heterocycles. The second kappa shape index (κ2) is 6.72. The molecule has 17 heavy (non-hydrogen) atoms. The molecule has 2 rings (SSSR count). The van der Waals surface area contributed by atoms with Crippen molar-refractivity contribution >= 4 is 0 Å². The standard InChI is InChI=1S/C14H22N2O/c1-2-9-15-10-12-5-3-6-13(16-12)11-17-14-7-4-8-14/h3,5-6,14-15H,2,4,7-11H2,1H3. The van der Waals surface area contributed by atoms with Gasteiger partial charge in [-0.15, -0.1) is 0 Å². The first-order valence-corrected chi connectivity index (χ1v) is 6.65. The molecular formula is C14H22N2O. The lowest BCUT2D eigenvalue weighted by molar-refractivity contribution is -0.0101. The summed E-state index contributed by atoms with van der Waals surface area (Å²) in [5.74, 6) is 0. The minimum Gasteiger partial charge on any atom is -0.372 e. The third-order valence-electron chi connectivity index (χ3n) is 3.12. The maximum absolute atomic E-state index is 5.76. The molecule has 0 atom stereocenters. The van der Waals surface area contributed by atoms with E-state index in [2.05, 4.69) is 29.4 Å². The van der Waals surface area contributed by atoms with Gasteiger partial charge in [0.05, 0.1) is 24.1 Å². The molecule has 3 nitrogen and oxygen atoms in total. The average Bonchev–Trinajstić information content (AvgIpc) is 2.28. The SMILES string of the molecule is CCCNCc1cccc(COC2CCC2)n1. The average molecular weight is 234 g/mol. The molecule has 1 aliphatic rings. The minimum absolute atomic E-state index is 0.485. The quantitative estimate of drug-likeness (QED) is 0.736. The van der Waals surface area contributed by atoms with Gasteiger partial charge in [-0.1, -0.05) is 13.0 Å². The summed E-state index contributed by atoms with van der Waals surface area (Å²) in [7, 11) is 0. The van der Waals surface area contributed by atoms with Crippen LogP contribution in [-0.4, -0.2) is 17.6 Å². The molecule has 1 fully saturated rings. The molecule has 0 radical (unpaired) electrons. The molecule has 0 amide bonds. The number of pyridine rings is 1. The van der Waals surface area contributed by atoms with Gasteiger partial charge in [-0.3, -0.25) is 4.98 Å². The summed E-state index contributed by atoms with van der Waals surface area (Å²) in [6.45, 7) is 4.73. The zero-order chi connectivity index (χ0) is 11.9. The van der Waals surface area contributed by atoms with Gasteiger partial charge >= 0.3 is 0 Å². The predicted molar refractivity (Wildman–Crippen MR) is 68.7 cm³/mol. The molecule has 0 saturated heterocycles. The first kappa shape index (κ1) is 12.5. The maximum atomic E-state index is 5.76. The number of nitrogens with one attached hydrogen (secondary N) is 1. The lowest BCUT2D eigenvalue weighted by Gasteiger charge is -2.25. The first-order chi connectivity index (χ1) is 8.38. The summed E-state index contributed by atoms with van der Waals surface area (Å²) in [6, 6.07) is 6.17. The van der Waals surface area contributed by atoms with Gasteiger partial charge in [-0.2, -0.15) is 0 Å². The van der Waals surface area contributed by atoms with Crippen molar-refractivity contribution in [3.05, 3.63) is 29.6 Å². The van der Waals surface area contributed by atoms with Crippen molar-refractivity contribution in [1.29, 1.82) is 0 Å². The number of hydrogen-bond donors (Lipinski definition) is 1. The summed E-state index contributed by atoms with van der Waals surface area (Å²) in [5.41, 5.74) is 2.15. The van der Waals surface area contributed by atoms with Gasteiger partial charge in [-0.05, 0) is 44.4 Å². The van der Waals surface area contributed by atoms with Crippen LogP contribution in [0, 0.1) is 0 Å². The van der Waals surface area contributed by atoms with E-state index in [4.69, 9.17) is 4.74 Å². The molecule has 0 aromatic carbocycles. The fourth-order valence-corrected chi connectivity index (χ4v) is 1.84. The topological polar surface area (TPSA) is 34.1 Å². The van der Waals surface area contributed by atoms with E-state index >= 15 is 0 Å². The van der Waals surface area contributed by atoms with Crippen LogP contribution in [0.2, 0.25) is 0 Å². The van der Waals surface area contributed by atoms with Gasteiger partial charge < -0.3 is 10.1 Å². The number of rotatable bonds is 7. The smallest absolute Gasteiger partial charge is 0.0891 e. The molecule has 1 aromatic rings. The van der Waals surface area contributed by atoms with Gasteiger partial charge in [0.25, 0.3) is 0 Å². The van der Waals surface area contributed by atoms with Crippen molar-refractivity contribution < 1.29 is 4.74 Å². The number of ether oxygens (including phenoxy) is 1. The molecule has 1 aliphatic carbocycles. The van der Waals surface area contributed by atoms with Crippen LogP contribution in [0.4, 0.5) is 0 Å². The first-order valence-electron chi connectivity index (χ1n) is 6.65.